The molecule has 0 aromatic carbocycles. The predicted molar refractivity (Wildman–Crippen MR) is 62.9 cm³/mol. The number of nitrogen functional groups attached to an aromatic ring is 1. The molecule has 6 heteroatoms. The highest BCUT2D eigenvalue weighted by molar-refractivity contribution is 7.10. The SMILES string of the molecule is CCN(CCc1nsc(N)c1C#N)C(C)=O. The second-order valence-corrected chi connectivity index (χ2v) is 4.13. The maximum atomic E-state index is 11.2. The van der Waals surface area contributed by atoms with Crippen molar-refractivity contribution in [3.05, 3.63) is 11.3 Å². The quantitative estimate of drug-likeness (QED) is 0.848. The van der Waals surface area contributed by atoms with Crippen molar-refractivity contribution in [1.82, 2.24) is 9.27 Å². The van der Waals surface area contributed by atoms with Crippen LogP contribution in [0, 0.1) is 11.3 Å². The smallest absolute Gasteiger partial charge is 0.219 e. The van der Waals surface area contributed by atoms with Crippen LogP contribution in [0.15, 0.2) is 0 Å². The summed E-state index contributed by atoms with van der Waals surface area (Å²) in [7, 11) is 0. The summed E-state index contributed by atoms with van der Waals surface area (Å²) in [5.74, 6) is 0.0317. The van der Waals surface area contributed by atoms with Gasteiger partial charge in [0.05, 0.1) is 5.69 Å². The van der Waals surface area contributed by atoms with E-state index in [0.29, 0.717) is 35.8 Å². The number of nitriles is 1. The van der Waals surface area contributed by atoms with Gasteiger partial charge in [0.25, 0.3) is 0 Å². The van der Waals surface area contributed by atoms with Crippen molar-refractivity contribution in [2.24, 2.45) is 0 Å². The van der Waals surface area contributed by atoms with E-state index in [9.17, 15) is 4.79 Å². The maximum Gasteiger partial charge on any atom is 0.219 e. The van der Waals surface area contributed by atoms with Gasteiger partial charge in [0, 0.05) is 26.4 Å². The minimum atomic E-state index is 0.0317. The highest BCUT2D eigenvalue weighted by Crippen LogP contribution is 2.20. The average molecular weight is 238 g/mol. The Bertz CT molecular complexity index is 421. The van der Waals surface area contributed by atoms with E-state index in [0.717, 1.165) is 11.5 Å². The van der Waals surface area contributed by atoms with E-state index in [-0.39, 0.29) is 5.91 Å². The number of nitrogens with zero attached hydrogens (tertiary/aromatic N) is 3. The van der Waals surface area contributed by atoms with Crippen LogP contribution < -0.4 is 5.73 Å². The number of amides is 1. The fourth-order valence-corrected chi connectivity index (χ4v) is 2.05. The van der Waals surface area contributed by atoms with Crippen molar-refractivity contribution in [3.8, 4) is 6.07 Å². The molecule has 1 aromatic heterocycles. The largest absolute Gasteiger partial charge is 0.388 e. The van der Waals surface area contributed by atoms with E-state index in [4.69, 9.17) is 11.0 Å². The molecule has 1 aromatic rings. The molecule has 0 saturated heterocycles. The molecule has 0 radical (unpaired) electrons. The molecule has 0 aliphatic heterocycles. The Morgan fingerprint density at radius 1 is 1.69 bits per heavy atom. The number of likely N-dealkylation sites (N-methyl/N-ethyl adjacent to an activating group) is 1. The summed E-state index contributed by atoms with van der Waals surface area (Å²) in [6, 6.07) is 2.03. The first-order valence-corrected chi connectivity index (χ1v) is 5.77. The average Bonchev–Trinajstić information content (AvgIpc) is 2.59. The molecule has 0 aliphatic carbocycles. The van der Waals surface area contributed by atoms with E-state index in [1.807, 2.05) is 13.0 Å². The van der Waals surface area contributed by atoms with Crippen LogP contribution in [0.4, 0.5) is 5.00 Å². The molecular weight excluding hydrogens is 224 g/mol. The van der Waals surface area contributed by atoms with Gasteiger partial charge in [-0.2, -0.15) is 9.64 Å². The maximum absolute atomic E-state index is 11.2. The molecule has 1 heterocycles. The Morgan fingerprint density at radius 3 is 2.88 bits per heavy atom. The van der Waals surface area contributed by atoms with Crippen LogP contribution in [0.25, 0.3) is 0 Å². The van der Waals surface area contributed by atoms with E-state index >= 15 is 0 Å². The van der Waals surface area contributed by atoms with Crippen LogP contribution in [0.3, 0.4) is 0 Å². The van der Waals surface area contributed by atoms with E-state index in [1.54, 1.807) is 4.90 Å². The first-order valence-electron chi connectivity index (χ1n) is 4.99. The molecule has 86 valence electrons. The van der Waals surface area contributed by atoms with Crippen LogP contribution in [0.1, 0.15) is 25.1 Å². The first kappa shape index (κ1) is 12.5. The number of carbonyl (C=O) groups excluding carboxylic acids is 1. The van der Waals surface area contributed by atoms with Crippen molar-refractivity contribution in [1.29, 1.82) is 5.26 Å². The van der Waals surface area contributed by atoms with Crippen molar-refractivity contribution in [3.63, 3.8) is 0 Å². The van der Waals surface area contributed by atoms with Gasteiger partial charge in [0.15, 0.2) is 0 Å². The number of anilines is 1. The fourth-order valence-electron chi connectivity index (χ4n) is 1.41. The molecule has 0 unspecified atom stereocenters. The standard InChI is InChI=1S/C10H14N4OS/c1-3-14(7(2)15)5-4-9-8(6-11)10(12)16-13-9/h3-5,12H2,1-2H3. The molecule has 16 heavy (non-hydrogen) atoms. The molecule has 0 spiro atoms. The lowest BCUT2D eigenvalue weighted by Crippen LogP contribution is -2.30. The zero-order valence-corrected chi connectivity index (χ0v) is 10.2. The van der Waals surface area contributed by atoms with Gasteiger partial charge in [-0.05, 0) is 18.5 Å². The molecule has 1 rings (SSSR count). The van der Waals surface area contributed by atoms with Gasteiger partial charge in [0.1, 0.15) is 16.6 Å². The molecule has 2 N–H and O–H groups in total. The second kappa shape index (κ2) is 5.47. The molecule has 0 atom stereocenters. The molecule has 5 nitrogen and oxygen atoms in total. The van der Waals surface area contributed by atoms with Crippen molar-refractivity contribution in [2.45, 2.75) is 20.3 Å². The topological polar surface area (TPSA) is 83.0 Å². The second-order valence-electron chi connectivity index (χ2n) is 3.33. The summed E-state index contributed by atoms with van der Waals surface area (Å²) < 4.78 is 4.11. The number of carbonyl (C=O) groups is 1. The number of nitrogens with two attached hydrogens (primary N) is 1. The number of hydrogen-bond donors (Lipinski definition) is 1. The fraction of sp³-hybridized carbons (Fsp3) is 0.500. The van der Waals surface area contributed by atoms with Crippen LogP contribution in [-0.2, 0) is 11.2 Å². The zero-order chi connectivity index (χ0) is 12.1. The number of rotatable bonds is 4. The summed E-state index contributed by atoms with van der Waals surface area (Å²) in [5.41, 5.74) is 6.74. The number of aromatic nitrogens is 1. The van der Waals surface area contributed by atoms with Crippen LogP contribution in [0.2, 0.25) is 0 Å². The van der Waals surface area contributed by atoms with Gasteiger partial charge in [-0.25, -0.2) is 0 Å². The van der Waals surface area contributed by atoms with E-state index < -0.39 is 0 Å². The van der Waals surface area contributed by atoms with E-state index in [1.165, 1.54) is 6.92 Å². The van der Waals surface area contributed by atoms with Crippen LogP contribution >= 0.6 is 11.5 Å². The summed E-state index contributed by atoms with van der Waals surface area (Å²) in [4.78, 5) is 12.9. The minimum absolute atomic E-state index is 0.0317. The molecule has 0 bridgehead atoms. The summed E-state index contributed by atoms with van der Waals surface area (Å²) in [6.45, 7) is 4.69. The molecule has 0 fully saturated rings. The third-order valence-electron chi connectivity index (χ3n) is 2.35. The number of hydrogen-bond acceptors (Lipinski definition) is 5. The molecule has 0 saturated carbocycles. The Balaban J connectivity index is 2.68. The Kier molecular flexibility index (Phi) is 4.26. The third kappa shape index (κ3) is 2.70. The monoisotopic (exact) mass is 238 g/mol. The Morgan fingerprint density at radius 2 is 2.38 bits per heavy atom. The van der Waals surface area contributed by atoms with Gasteiger partial charge in [-0.1, -0.05) is 0 Å². The van der Waals surface area contributed by atoms with Gasteiger partial charge in [-0.15, -0.1) is 0 Å². The van der Waals surface area contributed by atoms with Gasteiger partial charge in [0.2, 0.25) is 5.91 Å². The van der Waals surface area contributed by atoms with Crippen molar-refractivity contribution in [2.75, 3.05) is 18.8 Å². The summed E-state index contributed by atoms with van der Waals surface area (Å²) in [6.07, 6.45) is 0.573. The minimum Gasteiger partial charge on any atom is -0.388 e. The highest BCUT2D eigenvalue weighted by Gasteiger charge is 2.13. The van der Waals surface area contributed by atoms with Crippen LogP contribution in [0.5, 0.6) is 0 Å². The van der Waals surface area contributed by atoms with E-state index in [2.05, 4.69) is 4.37 Å². The lowest BCUT2D eigenvalue weighted by molar-refractivity contribution is -0.128. The Labute approximate surface area is 98.6 Å². The molecular formula is C10H14N4OS. The highest BCUT2D eigenvalue weighted by atomic mass is 32.1. The lowest BCUT2D eigenvalue weighted by atomic mass is 10.2. The molecule has 1 amide bonds. The van der Waals surface area contributed by atoms with Crippen molar-refractivity contribution < 1.29 is 4.79 Å². The summed E-state index contributed by atoms with van der Waals surface area (Å²) in [5, 5.41) is 9.32. The van der Waals surface area contributed by atoms with Crippen LogP contribution in [-0.4, -0.2) is 28.3 Å². The molecule has 0 aliphatic rings. The Hall–Kier alpha value is -1.61. The normalized spacial score (nSPS) is 9.81. The lowest BCUT2D eigenvalue weighted by Gasteiger charge is -2.17. The predicted octanol–water partition coefficient (Wildman–Crippen LogP) is 1.01. The first-order chi connectivity index (χ1) is 7.60. The van der Waals surface area contributed by atoms with Gasteiger partial charge >= 0.3 is 0 Å². The van der Waals surface area contributed by atoms with Gasteiger partial charge < -0.3 is 10.6 Å². The van der Waals surface area contributed by atoms with Gasteiger partial charge in [-0.3, -0.25) is 4.79 Å². The third-order valence-corrected chi connectivity index (χ3v) is 3.06. The zero-order valence-electron chi connectivity index (χ0n) is 9.36. The van der Waals surface area contributed by atoms with Crippen molar-refractivity contribution >= 4 is 22.4 Å². The summed E-state index contributed by atoms with van der Waals surface area (Å²) >= 11 is 1.13.